The van der Waals surface area contributed by atoms with Crippen LogP contribution in [0.5, 0.6) is 0 Å². The number of aromatic nitrogens is 3. The van der Waals surface area contributed by atoms with Crippen LogP contribution in [0.2, 0.25) is 0 Å². The molecule has 20 heavy (non-hydrogen) atoms. The first-order chi connectivity index (χ1) is 9.37. The van der Waals surface area contributed by atoms with Crippen molar-refractivity contribution in [1.82, 2.24) is 20.1 Å². The van der Waals surface area contributed by atoms with Crippen LogP contribution in [0.15, 0.2) is 30.3 Å². The van der Waals surface area contributed by atoms with E-state index in [1.54, 1.807) is 4.57 Å². The van der Waals surface area contributed by atoms with Gasteiger partial charge in [0.1, 0.15) is 6.54 Å². The maximum Gasteiger partial charge on any atom is 0.240 e. The summed E-state index contributed by atoms with van der Waals surface area (Å²) in [5, 5.41) is 9.86. The fourth-order valence-electron chi connectivity index (χ4n) is 1.87. The highest BCUT2D eigenvalue weighted by atomic mass is 32.1. The van der Waals surface area contributed by atoms with E-state index in [4.69, 9.17) is 12.2 Å². The normalized spacial score (nSPS) is 11.3. The number of nitrogens with zero attached hydrogens (tertiary/aromatic N) is 2. The van der Waals surface area contributed by atoms with E-state index in [-0.39, 0.29) is 18.0 Å². The zero-order chi connectivity index (χ0) is 14.8. The van der Waals surface area contributed by atoms with Crippen LogP contribution in [0, 0.1) is 4.77 Å². The van der Waals surface area contributed by atoms with Crippen molar-refractivity contribution < 1.29 is 4.79 Å². The average molecular weight is 290 g/mol. The van der Waals surface area contributed by atoms with E-state index < -0.39 is 0 Å². The second kappa shape index (κ2) is 5.58. The number of aromatic amines is 1. The lowest BCUT2D eigenvalue weighted by atomic mass is 10.1. The molecule has 0 fully saturated rings. The van der Waals surface area contributed by atoms with Crippen molar-refractivity contribution in [3.8, 4) is 11.4 Å². The van der Waals surface area contributed by atoms with Crippen LogP contribution in [-0.2, 0) is 11.3 Å². The van der Waals surface area contributed by atoms with Crippen LogP contribution in [0.4, 0.5) is 0 Å². The summed E-state index contributed by atoms with van der Waals surface area (Å²) in [5.74, 6) is 0.576. The van der Waals surface area contributed by atoms with Gasteiger partial charge < -0.3 is 5.32 Å². The molecule has 6 heteroatoms. The summed E-state index contributed by atoms with van der Waals surface area (Å²) < 4.78 is 2.14. The van der Waals surface area contributed by atoms with Gasteiger partial charge in [0.15, 0.2) is 10.6 Å². The summed E-state index contributed by atoms with van der Waals surface area (Å²) in [6.45, 7) is 5.98. The largest absolute Gasteiger partial charge is 0.350 e. The van der Waals surface area contributed by atoms with E-state index in [9.17, 15) is 4.79 Å². The first-order valence-electron chi connectivity index (χ1n) is 6.38. The molecule has 0 atom stereocenters. The Bertz CT molecular complexity index is 652. The summed E-state index contributed by atoms with van der Waals surface area (Å²) >= 11 is 5.20. The molecule has 106 valence electrons. The summed E-state index contributed by atoms with van der Waals surface area (Å²) in [6, 6.07) is 9.65. The van der Waals surface area contributed by atoms with Gasteiger partial charge in [0.25, 0.3) is 0 Å². The predicted molar refractivity (Wildman–Crippen MR) is 80.7 cm³/mol. The zero-order valence-corrected chi connectivity index (χ0v) is 12.6. The van der Waals surface area contributed by atoms with Crippen molar-refractivity contribution in [1.29, 1.82) is 0 Å². The fourth-order valence-corrected chi connectivity index (χ4v) is 2.07. The molecule has 0 saturated heterocycles. The maximum atomic E-state index is 12.0. The Balaban J connectivity index is 2.27. The number of H-pyrrole nitrogens is 1. The molecular weight excluding hydrogens is 272 g/mol. The van der Waals surface area contributed by atoms with Crippen molar-refractivity contribution in [2.24, 2.45) is 0 Å². The second-order valence-corrected chi connectivity index (χ2v) is 5.99. The molecule has 2 rings (SSSR count). The highest BCUT2D eigenvalue weighted by Gasteiger charge is 2.16. The molecular formula is C14H18N4OS. The van der Waals surface area contributed by atoms with E-state index in [0.717, 1.165) is 5.56 Å². The Hall–Kier alpha value is -1.95. The molecule has 0 unspecified atom stereocenters. The van der Waals surface area contributed by atoms with Gasteiger partial charge in [-0.2, -0.15) is 5.10 Å². The summed E-state index contributed by atoms with van der Waals surface area (Å²) in [5.41, 5.74) is 0.652. The molecule has 1 amide bonds. The molecule has 0 saturated carbocycles. The van der Waals surface area contributed by atoms with Crippen molar-refractivity contribution >= 4 is 18.1 Å². The standard InChI is InChI=1S/C14H18N4OS/c1-14(2,3)15-11(19)9-18-12(16-17-13(18)20)10-7-5-4-6-8-10/h4-8H,9H2,1-3H3,(H,15,19)(H,17,20). The highest BCUT2D eigenvalue weighted by Crippen LogP contribution is 2.16. The Morgan fingerprint density at radius 1 is 1.35 bits per heavy atom. The first-order valence-corrected chi connectivity index (χ1v) is 6.79. The van der Waals surface area contributed by atoms with Crippen LogP contribution < -0.4 is 5.32 Å². The minimum atomic E-state index is -0.268. The van der Waals surface area contributed by atoms with E-state index in [1.807, 2.05) is 51.1 Å². The Kier molecular flexibility index (Phi) is 4.04. The molecule has 0 aliphatic heterocycles. The predicted octanol–water partition coefficient (Wildman–Crippen LogP) is 2.52. The van der Waals surface area contributed by atoms with Crippen molar-refractivity contribution in [3.63, 3.8) is 0 Å². The minimum absolute atomic E-state index is 0.0906. The lowest BCUT2D eigenvalue weighted by molar-refractivity contribution is -0.123. The van der Waals surface area contributed by atoms with Gasteiger partial charge >= 0.3 is 0 Å². The minimum Gasteiger partial charge on any atom is -0.350 e. The van der Waals surface area contributed by atoms with Gasteiger partial charge in [-0.05, 0) is 33.0 Å². The van der Waals surface area contributed by atoms with Crippen LogP contribution in [0.1, 0.15) is 20.8 Å². The monoisotopic (exact) mass is 290 g/mol. The molecule has 0 aliphatic rings. The highest BCUT2D eigenvalue weighted by molar-refractivity contribution is 7.71. The molecule has 1 aromatic heterocycles. The maximum absolute atomic E-state index is 12.0. The smallest absolute Gasteiger partial charge is 0.240 e. The number of carbonyl (C=O) groups excluding carboxylic acids is 1. The van der Waals surface area contributed by atoms with Crippen molar-refractivity contribution in [2.75, 3.05) is 0 Å². The third-order valence-corrected chi connectivity index (χ3v) is 2.92. The van der Waals surface area contributed by atoms with Crippen molar-refractivity contribution in [2.45, 2.75) is 32.9 Å². The fraction of sp³-hybridized carbons (Fsp3) is 0.357. The van der Waals surface area contributed by atoms with Gasteiger partial charge in [0, 0.05) is 11.1 Å². The van der Waals surface area contributed by atoms with E-state index in [2.05, 4.69) is 15.5 Å². The van der Waals surface area contributed by atoms with E-state index >= 15 is 0 Å². The van der Waals surface area contributed by atoms with Crippen molar-refractivity contribution in [3.05, 3.63) is 35.1 Å². The third kappa shape index (κ3) is 3.54. The Morgan fingerprint density at radius 3 is 2.60 bits per heavy atom. The Morgan fingerprint density at radius 2 is 2.00 bits per heavy atom. The second-order valence-electron chi connectivity index (χ2n) is 5.60. The van der Waals surface area contributed by atoms with Gasteiger partial charge in [-0.15, -0.1) is 0 Å². The number of hydrogen-bond acceptors (Lipinski definition) is 3. The molecule has 0 radical (unpaired) electrons. The number of nitrogens with one attached hydrogen (secondary N) is 2. The quantitative estimate of drug-likeness (QED) is 0.854. The van der Waals surface area contributed by atoms with Gasteiger partial charge in [-0.1, -0.05) is 30.3 Å². The number of rotatable bonds is 3. The van der Waals surface area contributed by atoms with E-state index in [1.165, 1.54) is 0 Å². The van der Waals surface area contributed by atoms with Crippen LogP contribution in [-0.4, -0.2) is 26.2 Å². The molecule has 2 N–H and O–H groups in total. The lowest BCUT2D eigenvalue weighted by Crippen LogP contribution is -2.42. The van der Waals surface area contributed by atoms with Crippen LogP contribution >= 0.6 is 12.2 Å². The lowest BCUT2D eigenvalue weighted by Gasteiger charge is -2.20. The molecule has 1 aromatic carbocycles. The van der Waals surface area contributed by atoms with Gasteiger partial charge in [0.2, 0.25) is 5.91 Å². The molecule has 5 nitrogen and oxygen atoms in total. The van der Waals surface area contributed by atoms with Gasteiger partial charge in [-0.3, -0.25) is 14.5 Å². The number of benzene rings is 1. The van der Waals surface area contributed by atoms with E-state index in [0.29, 0.717) is 10.6 Å². The molecule has 1 heterocycles. The summed E-state index contributed by atoms with van der Waals surface area (Å²) in [4.78, 5) is 12.0. The average Bonchev–Trinajstić information content (AvgIpc) is 2.70. The number of amides is 1. The number of hydrogen-bond donors (Lipinski definition) is 2. The molecule has 0 bridgehead atoms. The summed E-state index contributed by atoms with van der Waals surface area (Å²) in [6.07, 6.45) is 0. The van der Waals surface area contributed by atoms with Crippen LogP contribution in [0.25, 0.3) is 11.4 Å². The SMILES string of the molecule is CC(C)(C)NC(=O)Cn1c(-c2ccccc2)n[nH]c1=S. The van der Waals surface area contributed by atoms with Crippen LogP contribution in [0.3, 0.4) is 0 Å². The number of carbonyl (C=O) groups is 1. The molecule has 0 spiro atoms. The molecule has 2 aromatic rings. The summed E-state index contributed by atoms with van der Waals surface area (Å²) in [7, 11) is 0. The molecule has 0 aliphatic carbocycles. The first kappa shape index (κ1) is 14.5. The van der Waals surface area contributed by atoms with Gasteiger partial charge in [0.05, 0.1) is 0 Å². The topological polar surface area (TPSA) is 62.7 Å². The van der Waals surface area contributed by atoms with Gasteiger partial charge in [-0.25, -0.2) is 0 Å². The third-order valence-electron chi connectivity index (χ3n) is 2.61. The zero-order valence-electron chi connectivity index (χ0n) is 11.8. The Labute approximate surface area is 123 Å².